The lowest BCUT2D eigenvalue weighted by Gasteiger charge is -2.18. The zero-order chi connectivity index (χ0) is 12.8. The van der Waals surface area contributed by atoms with Crippen molar-refractivity contribution in [3.8, 4) is 11.8 Å². The predicted molar refractivity (Wildman–Crippen MR) is 64.2 cm³/mol. The summed E-state index contributed by atoms with van der Waals surface area (Å²) in [7, 11) is 1.66. The maximum absolute atomic E-state index is 11.8. The molecule has 0 bridgehead atoms. The number of para-hydroxylation sites is 1. The molecule has 1 aromatic rings. The van der Waals surface area contributed by atoms with E-state index in [1.54, 1.807) is 38.2 Å². The molecule has 0 saturated carbocycles. The van der Waals surface area contributed by atoms with E-state index in [2.05, 4.69) is 6.07 Å². The highest BCUT2D eigenvalue weighted by molar-refractivity contribution is 5.79. The predicted octanol–water partition coefficient (Wildman–Crippen LogP) is 1.55. The molecule has 0 spiro atoms. The lowest BCUT2D eigenvalue weighted by molar-refractivity contribution is -0.129. The van der Waals surface area contributed by atoms with Crippen molar-refractivity contribution in [3.05, 3.63) is 29.8 Å². The lowest BCUT2D eigenvalue weighted by Crippen LogP contribution is -2.31. The Bertz CT molecular complexity index is 437. The number of phenolic OH excluding ortho intramolecular Hbond substituents is 1. The maximum atomic E-state index is 11.8. The van der Waals surface area contributed by atoms with Crippen molar-refractivity contribution in [2.24, 2.45) is 5.92 Å². The topological polar surface area (TPSA) is 64.3 Å². The molecule has 0 aliphatic rings. The smallest absolute Gasteiger partial charge is 0.226 e. The van der Waals surface area contributed by atoms with Gasteiger partial charge >= 0.3 is 0 Å². The molecule has 1 aromatic carbocycles. The van der Waals surface area contributed by atoms with Crippen LogP contribution in [-0.4, -0.2) is 29.5 Å². The van der Waals surface area contributed by atoms with Crippen LogP contribution in [0.1, 0.15) is 12.5 Å². The monoisotopic (exact) mass is 232 g/mol. The molecule has 1 atom stereocenters. The molecule has 1 amide bonds. The second-order valence-corrected chi connectivity index (χ2v) is 4.11. The van der Waals surface area contributed by atoms with E-state index < -0.39 is 0 Å². The van der Waals surface area contributed by atoms with Crippen LogP contribution in [0.3, 0.4) is 0 Å². The van der Waals surface area contributed by atoms with Crippen LogP contribution in [0.4, 0.5) is 0 Å². The molecule has 1 N–H and O–H groups in total. The molecule has 17 heavy (non-hydrogen) atoms. The van der Waals surface area contributed by atoms with Crippen molar-refractivity contribution in [1.29, 1.82) is 5.26 Å². The number of carbonyl (C=O) groups excluding carboxylic acids is 1. The molecule has 1 unspecified atom stereocenters. The summed E-state index contributed by atoms with van der Waals surface area (Å²) >= 11 is 0. The number of hydrogen-bond acceptors (Lipinski definition) is 3. The van der Waals surface area contributed by atoms with Crippen molar-refractivity contribution in [1.82, 2.24) is 4.90 Å². The minimum Gasteiger partial charge on any atom is -0.508 e. The SMILES string of the molecule is CC(C#N)CN(C)C(=O)Cc1ccccc1O. The summed E-state index contributed by atoms with van der Waals surface area (Å²) in [5, 5.41) is 18.2. The van der Waals surface area contributed by atoms with E-state index in [-0.39, 0.29) is 24.0 Å². The van der Waals surface area contributed by atoms with E-state index in [1.165, 1.54) is 4.90 Å². The van der Waals surface area contributed by atoms with Gasteiger partial charge in [0.2, 0.25) is 5.91 Å². The van der Waals surface area contributed by atoms with Gasteiger partial charge in [0.05, 0.1) is 18.4 Å². The highest BCUT2D eigenvalue weighted by Gasteiger charge is 2.14. The largest absolute Gasteiger partial charge is 0.508 e. The third-order valence-corrected chi connectivity index (χ3v) is 2.53. The van der Waals surface area contributed by atoms with Gasteiger partial charge in [0.25, 0.3) is 0 Å². The summed E-state index contributed by atoms with van der Waals surface area (Å²) in [4.78, 5) is 13.3. The molecule has 90 valence electrons. The second kappa shape index (κ2) is 5.90. The molecule has 0 aliphatic carbocycles. The van der Waals surface area contributed by atoms with Crippen molar-refractivity contribution in [3.63, 3.8) is 0 Å². The minimum atomic E-state index is -0.187. The Balaban J connectivity index is 2.61. The standard InChI is InChI=1S/C13H16N2O2/c1-10(8-14)9-15(2)13(17)7-11-5-3-4-6-12(11)16/h3-6,10,16H,7,9H2,1-2H3. The van der Waals surface area contributed by atoms with E-state index in [4.69, 9.17) is 5.26 Å². The zero-order valence-electron chi connectivity index (χ0n) is 10.1. The average Bonchev–Trinajstić information content (AvgIpc) is 2.31. The van der Waals surface area contributed by atoms with Gasteiger partial charge in [-0.3, -0.25) is 4.79 Å². The van der Waals surface area contributed by atoms with Crippen LogP contribution in [0.2, 0.25) is 0 Å². The van der Waals surface area contributed by atoms with Crippen LogP contribution in [-0.2, 0) is 11.2 Å². The second-order valence-electron chi connectivity index (χ2n) is 4.11. The highest BCUT2D eigenvalue weighted by atomic mass is 16.3. The highest BCUT2D eigenvalue weighted by Crippen LogP contribution is 2.16. The number of amides is 1. The molecule has 0 fully saturated rings. The van der Waals surface area contributed by atoms with E-state index >= 15 is 0 Å². The number of benzene rings is 1. The molecule has 0 heterocycles. The van der Waals surface area contributed by atoms with Crippen LogP contribution in [0, 0.1) is 17.2 Å². The van der Waals surface area contributed by atoms with Crippen molar-refractivity contribution < 1.29 is 9.90 Å². The van der Waals surface area contributed by atoms with E-state index in [1.807, 2.05) is 0 Å². The number of hydrogen-bond donors (Lipinski definition) is 1. The lowest BCUT2D eigenvalue weighted by atomic mass is 10.1. The first-order chi connectivity index (χ1) is 8.04. The summed E-state index contributed by atoms with van der Waals surface area (Å²) in [6.45, 7) is 2.17. The van der Waals surface area contributed by atoms with Crippen molar-refractivity contribution >= 4 is 5.91 Å². The van der Waals surface area contributed by atoms with Gasteiger partial charge in [0, 0.05) is 19.2 Å². The molecule has 1 rings (SSSR count). The Morgan fingerprint density at radius 1 is 1.53 bits per heavy atom. The molecule has 4 nitrogen and oxygen atoms in total. The van der Waals surface area contributed by atoms with Crippen LogP contribution in [0.5, 0.6) is 5.75 Å². The Morgan fingerprint density at radius 2 is 2.18 bits per heavy atom. The summed E-state index contributed by atoms with van der Waals surface area (Å²) in [6, 6.07) is 8.85. The Hall–Kier alpha value is -2.02. The average molecular weight is 232 g/mol. The van der Waals surface area contributed by atoms with Crippen molar-refractivity contribution in [2.75, 3.05) is 13.6 Å². The third kappa shape index (κ3) is 3.80. The Kier molecular flexibility index (Phi) is 4.53. The first kappa shape index (κ1) is 13.0. The molecule has 0 radical (unpaired) electrons. The minimum absolute atomic E-state index is 0.103. The number of carbonyl (C=O) groups is 1. The quantitative estimate of drug-likeness (QED) is 0.856. The first-order valence-electron chi connectivity index (χ1n) is 5.45. The van der Waals surface area contributed by atoms with Crippen LogP contribution >= 0.6 is 0 Å². The fourth-order valence-corrected chi connectivity index (χ4v) is 1.51. The van der Waals surface area contributed by atoms with Gasteiger partial charge in [-0.25, -0.2) is 0 Å². The van der Waals surface area contributed by atoms with Crippen LogP contribution in [0.15, 0.2) is 24.3 Å². The van der Waals surface area contributed by atoms with Gasteiger partial charge in [-0.15, -0.1) is 0 Å². The van der Waals surface area contributed by atoms with E-state index in [0.29, 0.717) is 12.1 Å². The normalized spacial score (nSPS) is 11.6. The molecule has 0 saturated heterocycles. The number of nitriles is 1. The van der Waals surface area contributed by atoms with Gasteiger partial charge in [-0.2, -0.15) is 5.26 Å². The summed E-state index contributed by atoms with van der Waals surface area (Å²) in [6.07, 6.45) is 0.154. The van der Waals surface area contributed by atoms with Gasteiger partial charge in [0.1, 0.15) is 5.75 Å². The number of likely N-dealkylation sites (N-methyl/N-ethyl adjacent to an activating group) is 1. The summed E-state index contributed by atoms with van der Waals surface area (Å²) in [5.74, 6) is -0.162. The molecule has 0 aromatic heterocycles. The number of phenols is 1. The van der Waals surface area contributed by atoms with Crippen LogP contribution < -0.4 is 0 Å². The molecule has 0 aliphatic heterocycles. The first-order valence-corrected chi connectivity index (χ1v) is 5.45. The molecular formula is C13H16N2O2. The zero-order valence-corrected chi connectivity index (χ0v) is 10.1. The van der Waals surface area contributed by atoms with Gasteiger partial charge in [-0.1, -0.05) is 18.2 Å². The fourth-order valence-electron chi connectivity index (χ4n) is 1.51. The molecular weight excluding hydrogens is 216 g/mol. The Labute approximate surface area is 101 Å². The number of nitrogens with zero attached hydrogens (tertiary/aromatic N) is 2. The summed E-state index contributed by atoms with van der Waals surface area (Å²) in [5.41, 5.74) is 0.606. The van der Waals surface area contributed by atoms with Gasteiger partial charge in [0.15, 0.2) is 0 Å². The maximum Gasteiger partial charge on any atom is 0.226 e. The van der Waals surface area contributed by atoms with Gasteiger partial charge < -0.3 is 10.0 Å². The third-order valence-electron chi connectivity index (χ3n) is 2.53. The fraction of sp³-hybridized carbons (Fsp3) is 0.385. The number of aromatic hydroxyl groups is 1. The van der Waals surface area contributed by atoms with E-state index in [0.717, 1.165) is 0 Å². The van der Waals surface area contributed by atoms with Crippen LogP contribution in [0.25, 0.3) is 0 Å². The van der Waals surface area contributed by atoms with Crippen molar-refractivity contribution in [2.45, 2.75) is 13.3 Å². The summed E-state index contributed by atoms with van der Waals surface area (Å²) < 4.78 is 0. The van der Waals surface area contributed by atoms with E-state index in [9.17, 15) is 9.90 Å². The Morgan fingerprint density at radius 3 is 2.76 bits per heavy atom. The number of rotatable bonds is 4. The van der Waals surface area contributed by atoms with Gasteiger partial charge in [-0.05, 0) is 13.0 Å². The molecule has 4 heteroatoms.